The van der Waals surface area contributed by atoms with E-state index < -0.39 is 0 Å². The third-order valence-corrected chi connectivity index (χ3v) is 4.92. The number of hydrogen-bond donors (Lipinski definition) is 1. The largest absolute Gasteiger partial charge is 0.497 e. The Kier molecular flexibility index (Phi) is 7.41. The van der Waals surface area contributed by atoms with Crippen molar-refractivity contribution in [2.75, 3.05) is 58.7 Å². The summed E-state index contributed by atoms with van der Waals surface area (Å²) in [5.74, 6) is 0.677. The van der Waals surface area contributed by atoms with Gasteiger partial charge >= 0.3 is 0 Å². The van der Waals surface area contributed by atoms with Gasteiger partial charge in [-0.25, -0.2) is 0 Å². The number of piperazine rings is 1. The summed E-state index contributed by atoms with van der Waals surface area (Å²) >= 11 is 0. The van der Waals surface area contributed by atoms with Gasteiger partial charge in [0.2, 0.25) is 11.8 Å². The SMILES string of the molecule is CCN1CCN(C(=O)[C@H](C)N(C)CC(=O)Nc2ccc(OC)cc2)CC1. The maximum atomic E-state index is 12.7. The summed E-state index contributed by atoms with van der Waals surface area (Å²) in [6.07, 6.45) is 0. The van der Waals surface area contributed by atoms with Gasteiger partial charge in [-0.15, -0.1) is 0 Å². The molecule has 0 aliphatic carbocycles. The molecule has 1 aromatic rings. The smallest absolute Gasteiger partial charge is 0.239 e. The van der Waals surface area contributed by atoms with Crippen molar-refractivity contribution in [3.8, 4) is 5.75 Å². The highest BCUT2D eigenvalue weighted by atomic mass is 16.5. The second-order valence-corrected chi connectivity index (χ2v) is 6.63. The first kappa shape index (κ1) is 20.2. The molecular weight excluding hydrogens is 332 g/mol. The van der Waals surface area contributed by atoms with Crippen LogP contribution in [0.4, 0.5) is 5.69 Å². The van der Waals surface area contributed by atoms with Gasteiger partial charge in [-0.2, -0.15) is 0 Å². The number of carbonyl (C=O) groups is 2. The molecule has 1 aliphatic heterocycles. The highest BCUT2D eigenvalue weighted by molar-refractivity contribution is 5.92. The normalized spacial score (nSPS) is 16.4. The molecule has 0 bridgehead atoms. The zero-order valence-electron chi connectivity index (χ0n) is 16.2. The molecule has 1 aliphatic rings. The molecule has 2 amide bonds. The van der Waals surface area contributed by atoms with Crippen molar-refractivity contribution in [3.63, 3.8) is 0 Å². The van der Waals surface area contributed by atoms with Crippen molar-refractivity contribution in [2.45, 2.75) is 19.9 Å². The van der Waals surface area contributed by atoms with Gasteiger partial charge in [-0.05, 0) is 44.8 Å². The fourth-order valence-corrected chi connectivity index (χ4v) is 2.98. The van der Waals surface area contributed by atoms with E-state index in [4.69, 9.17) is 4.74 Å². The van der Waals surface area contributed by atoms with Crippen LogP contribution < -0.4 is 10.1 Å². The first-order valence-electron chi connectivity index (χ1n) is 9.10. The van der Waals surface area contributed by atoms with Crippen LogP contribution in [0.1, 0.15) is 13.8 Å². The second kappa shape index (κ2) is 9.54. The van der Waals surface area contributed by atoms with E-state index in [0.717, 1.165) is 38.5 Å². The van der Waals surface area contributed by atoms with E-state index >= 15 is 0 Å². The molecule has 1 heterocycles. The lowest BCUT2D eigenvalue weighted by Gasteiger charge is -2.36. The molecule has 0 aromatic heterocycles. The fourth-order valence-electron chi connectivity index (χ4n) is 2.98. The van der Waals surface area contributed by atoms with E-state index in [-0.39, 0.29) is 24.4 Å². The van der Waals surface area contributed by atoms with Gasteiger partial charge in [0, 0.05) is 31.9 Å². The van der Waals surface area contributed by atoms with E-state index in [2.05, 4.69) is 17.1 Å². The number of nitrogens with zero attached hydrogens (tertiary/aromatic N) is 3. The van der Waals surface area contributed by atoms with Crippen LogP contribution in [0, 0.1) is 0 Å². The van der Waals surface area contributed by atoms with Crippen molar-refractivity contribution in [3.05, 3.63) is 24.3 Å². The fraction of sp³-hybridized carbons (Fsp3) is 0.579. The quantitative estimate of drug-likeness (QED) is 0.787. The van der Waals surface area contributed by atoms with Crippen molar-refractivity contribution < 1.29 is 14.3 Å². The lowest BCUT2D eigenvalue weighted by molar-refractivity contribution is -0.138. The third-order valence-electron chi connectivity index (χ3n) is 4.92. The topological polar surface area (TPSA) is 65.1 Å². The molecule has 0 radical (unpaired) electrons. The lowest BCUT2D eigenvalue weighted by Crippen LogP contribution is -2.54. The zero-order chi connectivity index (χ0) is 19.1. The Hall–Kier alpha value is -2.12. The molecule has 0 unspecified atom stereocenters. The van der Waals surface area contributed by atoms with Gasteiger partial charge in [-0.1, -0.05) is 6.92 Å². The first-order valence-corrected chi connectivity index (χ1v) is 9.10. The van der Waals surface area contributed by atoms with Crippen LogP contribution in [0.25, 0.3) is 0 Å². The standard InChI is InChI=1S/C19H30N4O3/c1-5-22-10-12-23(13-11-22)19(25)15(2)21(3)14-18(24)20-16-6-8-17(26-4)9-7-16/h6-9,15H,5,10-14H2,1-4H3,(H,20,24)/t15-/m0/s1. The molecule has 1 fully saturated rings. The predicted molar refractivity (Wildman–Crippen MR) is 102 cm³/mol. The van der Waals surface area contributed by atoms with Crippen molar-refractivity contribution >= 4 is 17.5 Å². The molecule has 1 atom stereocenters. The molecule has 2 rings (SSSR count). The van der Waals surface area contributed by atoms with Gasteiger partial charge in [0.1, 0.15) is 5.75 Å². The molecule has 0 saturated carbocycles. The Bertz CT molecular complexity index is 597. The maximum absolute atomic E-state index is 12.7. The molecule has 7 nitrogen and oxygen atoms in total. The number of rotatable bonds is 7. The Morgan fingerprint density at radius 2 is 1.81 bits per heavy atom. The summed E-state index contributed by atoms with van der Waals surface area (Å²) in [4.78, 5) is 30.9. The highest BCUT2D eigenvalue weighted by Gasteiger charge is 2.27. The van der Waals surface area contributed by atoms with E-state index in [1.54, 1.807) is 43.3 Å². The first-order chi connectivity index (χ1) is 12.4. The minimum absolute atomic E-state index is 0.0838. The Balaban J connectivity index is 1.82. The second-order valence-electron chi connectivity index (χ2n) is 6.63. The molecule has 7 heteroatoms. The van der Waals surface area contributed by atoms with E-state index in [9.17, 15) is 9.59 Å². The van der Waals surface area contributed by atoms with Crippen molar-refractivity contribution in [1.29, 1.82) is 0 Å². The molecule has 144 valence electrons. The van der Waals surface area contributed by atoms with Gasteiger partial charge in [0.15, 0.2) is 0 Å². The average molecular weight is 362 g/mol. The van der Waals surface area contributed by atoms with E-state index in [1.807, 2.05) is 11.8 Å². The maximum Gasteiger partial charge on any atom is 0.239 e. The third kappa shape index (κ3) is 5.44. The number of anilines is 1. The number of benzene rings is 1. The lowest BCUT2D eigenvalue weighted by atomic mass is 10.2. The van der Waals surface area contributed by atoms with Gasteiger partial charge in [-0.3, -0.25) is 14.5 Å². The zero-order valence-corrected chi connectivity index (χ0v) is 16.2. The summed E-state index contributed by atoms with van der Waals surface area (Å²) in [5, 5.41) is 2.84. The van der Waals surface area contributed by atoms with Crippen LogP contribution in [0.15, 0.2) is 24.3 Å². The number of hydrogen-bond acceptors (Lipinski definition) is 5. The Morgan fingerprint density at radius 1 is 1.19 bits per heavy atom. The molecule has 0 spiro atoms. The van der Waals surface area contributed by atoms with Gasteiger partial charge in [0.25, 0.3) is 0 Å². The number of methoxy groups -OCH3 is 1. The van der Waals surface area contributed by atoms with Crippen LogP contribution in [0.5, 0.6) is 5.75 Å². The predicted octanol–water partition coefficient (Wildman–Crippen LogP) is 1.12. The van der Waals surface area contributed by atoms with Crippen LogP contribution in [-0.4, -0.2) is 86.0 Å². The van der Waals surface area contributed by atoms with Gasteiger partial charge < -0.3 is 19.9 Å². The molecule has 1 saturated heterocycles. The minimum atomic E-state index is -0.329. The number of nitrogens with one attached hydrogen (secondary N) is 1. The molecular formula is C19H30N4O3. The minimum Gasteiger partial charge on any atom is -0.497 e. The summed E-state index contributed by atoms with van der Waals surface area (Å²) in [5.41, 5.74) is 0.707. The summed E-state index contributed by atoms with van der Waals surface area (Å²) in [6.45, 7) is 8.50. The summed E-state index contributed by atoms with van der Waals surface area (Å²) in [6, 6.07) is 6.84. The van der Waals surface area contributed by atoms with Crippen LogP contribution in [-0.2, 0) is 9.59 Å². The summed E-state index contributed by atoms with van der Waals surface area (Å²) in [7, 11) is 3.40. The number of carbonyl (C=O) groups excluding carboxylic acids is 2. The summed E-state index contributed by atoms with van der Waals surface area (Å²) < 4.78 is 5.10. The number of likely N-dealkylation sites (N-methyl/N-ethyl adjacent to an activating group) is 2. The number of ether oxygens (including phenoxy) is 1. The highest BCUT2D eigenvalue weighted by Crippen LogP contribution is 2.15. The molecule has 26 heavy (non-hydrogen) atoms. The Morgan fingerprint density at radius 3 is 2.35 bits per heavy atom. The monoisotopic (exact) mass is 362 g/mol. The number of amides is 2. The molecule has 1 N–H and O–H groups in total. The molecule has 1 aromatic carbocycles. The van der Waals surface area contributed by atoms with Gasteiger partial charge in [0.05, 0.1) is 19.7 Å². The van der Waals surface area contributed by atoms with Crippen LogP contribution in [0.2, 0.25) is 0 Å². The van der Waals surface area contributed by atoms with Crippen LogP contribution >= 0.6 is 0 Å². The van der Waals surface area contributed by atoms with E-state index in [1.165, 1.54) is 0 Å². The average Bonchev–Trinajstić information content (AvgIpc) is 2.67. The van der Waals surface area contributed by atoms with Crippen molar-refractivity contribution in [2.24, 2.45) is 0 Å². The van der Waals surface area contributed by atoms with Crippen molar-refractivity contribution in [1.82, 2.24) is 14.7 Å². The van der Waals surface area contributed by atoms with E-state index in [0.29, 0.717) is 5.69 Å². The van der Waals surface area contributed by atoms with Crippen LogP contribution in [0.3, 0.4) is 0 Å². The Labute approximate surface area is 155 Å².